The van der Waals surface area contributed by atoms with Crippen molar-refractivity contribution >= 4 is 24.8 Å². The number of morpholine rings is 1. The predicted octanol–water partition coefficient (Wildman–Crippen LogP) is 1.76. The molecule has 1 aliphatic rings. The molecule has 2 rings (SSSR count). The monoisotopic (exact) mass is 366 g/mol. The minimum absolute atomic E-state index is 0. The fourth-order valence-corrected chi connectivity index (χ4v) is 2.26. The number of benzene rings is 1. The van der Waals surface area contributed by atoms with Gasteiger partial charge in [0, 0.05) is 19.6 Å². The summed E-state index contributed by atoms with van der Waals surface area (Å²) in [4.78, 5) is 2.36. The van der Waals surface area contributed by atoms with Crippen molar-refractivity contribution in [3.63, 3.8) is 0 Å². The van der Waals surface area contributed by atoms with Crippen molar-refractivity contribution in [1.82, 2.24) is 4.90 Å². The Morgan fingerprint density at radius 2 is 1.70 bits per heavy atom. The molecule has 0 atom stereocenters. The second kappa shape index (κ2) is 13.8. The highest BCUT2D eigenvalue weighted by molar-refractivity contribution is 5.85. The molecule has 7 heteroatoms. The lowest BCUT2D eigenvalue weighted by molar-refractivity contribution is 0.0170. The molecule has 0 spiro atoms. The Morgan fingerprint density at radius 3 is 2.35 bits per heavy atom. The third-order valence-electron chi connectivity index (χ3n) is 3.51. The molecule has 23 heavy (non-hydrogen) atoms. The molecule has 2 N–H and O–H groups in total. The molecule has 0 radical (unpaired) electrons. The van der Waals surface area contributed by atoms with Crippen LogP contribution in [-0.2, 0) is 15.9 Å². The van der Waals surface area contributed by atoms with E-state index in [1.54, 1.807) is 0 Å². The fraction of sp³-hybridized carbons (Fsp3) is 0.625. The van der Waals surface area contributed by atoms with E-state index in [1.165, 1.54) is 5.56 Å². The smallest absolute Gasteiger partial charge is 0.119 e. The number of nitrogens with zero attached hydrogens (tertiary/aromatic N) is 1. The van der Waals surface area contributed by atoms with Gasteiger partial charge in [0.25, 0.3) is 0 Å². The number of rotatable bonds is 9. The first-order valence-corrected chi connectivity index (χ1v) is 7.68. The van der Waals surface area contributed by atoms with Gasteiger partial charge in [-0.25, -0.2) is 0 Å². The van der Waals surface area contributed by atoms with Crippen molar-refractivity contribution in [2.75, 3.05) is 59.2 Å². The summed E-state index contributed by atoms with van der Waals surface area (Å²) in [6.07, 6.45) is 0.908. The Kier molecular flexibility index (Phi) is 13.5. The molecular formula is C16H28Cl2N2O3. The number of hydrogen-bond acceptors (Lipinski definition) is 5. The van der Waals surface area contributed by atoms with Crippen molar-refractivity contribution in [3.8, 4) is 5.75 Å². The minimum atomic E-state index is 0. The van der Waals surface area contributed by atoms with Gasteiger partial charge in [0.2, 0.25) is 0 Å². The van der Waals surface area contributed by atoms with Crippen LogP contribution in [0, 0.1) is 0 Å². The van der Waals surface area contributed by atoms with Crippen LogP contribution in [0.4, 0.5) is 0 Å². The zero-order chi connectivity index (χ0) is 14.8. The number of hydrogen-bond donors (Lipinski definition) is 1. The second-order valence-electron chi connectivity index (χ2n) is 5.10. The first kappa shape index (κ1) is 22.4. The lowest BCUT2D eigenvalue weighted by Crippen LogP contribution is -2.38. The van der Waals surface area contributed by atoms with Gasteiger partial charge in [0.15, 0.2) is 0 Å². The average Bonchev–Trinajstić information content (AvgIpc) is 2.53. The van der Waals surface area contributed by atoms with Gasteiger partial charge in [0.05, 0.1) is 26.4 Å². The number of ether oxygens (including phenoxy) is 3. The van der Waals surface area contributed by atoms with Crippen molar-refractivity contribution in [1.29, 1.82) is 0 Å². The molecule has 0 unspecified atom stereocenters. The van der Waals surface area contributed by atoms with Gasteiger partial charge in [-0.3, -0.25) is 4.90 Å². The van der Waals surface area contributed by atoms with Crippen LogP contribution in [0.2, 0.25) is 0 Å². The highest BCUT2D eigenvalue weighted by Crippen LogP contribution is 2.12. The molecule has 5 nitrogen and oxygen atoms in total. The van der Waals surface area contributed by atoms with Crippen LogP contribution in [-0.4, -0.2) is 64.1 Å². The summed E-state index contributed by atoms with van der Waals surface area (Å²) >= 11 is 0. The topological polar surface area (TPSA) is 57.0 Å². The highest BCUT2D eigenvalue weighted by Gasteiger charge is 2.09. The van der Waals surface area contributed by atoms with Gasteiger partial charge in [-0.1, -0.05) is 12.1 Å². The van der Waals surface area contributed by atoms with Crippen molar-refractivity contribution in [3.05, 3.63) is 29.8 Å². The maximum Gasteiger partial charge on any atom is 0.119 e. The maximum absolute atomic E-state index is 5.64. The summed E-state index contributed by atoms with van der Waals surface area (Å²) in [7, 11) is 0. The normalized spacial score (nSPS) is 14.7. The molecule has 1 fully saturated rings. The maximum atomic E-state index is 5.64. The molecule has 1 saturated heterocycles. The van der Waals surface area contributed by atoms with Gasteiger partial charge >= 0.3 is 0 Å². The third-order valence-corrected chi connectivity index (χ3v) is 3.51. The second-order valence-corrected chi connectivity index (χ2v) is 5.10. The predicted molar refractivity (Wildman–Crippen MR) is 97.3 cm³/mol. The van der Waals surface area contributed by atoms with Gasteiger partial charge in [0.1, 0.15) is 12.4 Å². The Labute approximate surface area is 151 Å². The largest absolute Gasteiger partial charge is 0.491 e. The lowest BCUT2D eigenvalue weighted by Gasteiger charge is -2.26. The summed E-state index contributed by atoms with van der Waals surface area (Å²) in [5.74, 6) is 0.882. The highest BCUT2D eigenvalue weighted by atomic mass is 35.5. The summed E-state index contributed by atoms with van der Waals surface area (Å²) in [6.45, 7) is 7.29. The summed E-state index contributed by atoms with van der Waals surface area (Å²) < 4.78 is 16.5. The Morgan fingerprint density at radius 1 is 1.00 bits per heavy atom. The number of nitrogens with two attached hydrogens (primary N) is 1. The first-order chi connectivity index (χ1) is 10.4. The molecule has 0 aliphatic carbocycles. The van der Waals surface area contributed by atoms with Crippen LogP contribution in [0.15, 0.2) is 24.3 Å². The molecule has 1 heterocycles. The standard InChI is InChI=1S/C16H26N2O3.2ClH/c17-6-5-15-1-3-16(4-2-15)21-14-13-20-12-9-18-7-10-19-11-8-18;;/h1-4H,5-14,17H2;2*1H. The van der Waals surface area contributed by atoms with Crippen LogP contribution in [0.25, 0.3) is 0 Å². The Balaban J connectivity index is 0.00000242. The lowest BCUT2D eigenvalue weighted by atomic mass is 10.1. The average molecular weight is 367 g/mol. The van der Waals surface area contributed by atoms with E-state index in [1.807, 2.05) is 12.1 Å². The van der Waals surface area contributed by atoms with E-state index in [0.717, 1.165) is 51.6 Å². The van der Waals surface area contributed by atoms with Crippen molar-refractivity contribution < 1.29 is 14.2 Å². The van der Waals surface area contributed by atoms with Gasteiger partial charge in [-0.05, 0) is 30.7 Å². The van der Waals surface area contributed by atoms with E-state index in [-0.39, 0.29) is 24.8 Å². The number of halogens is 2. The Bertz CT molecular complexity index is 387. The van der Waals surface area contributed by atoms with Gasteiger partial charge in [-0.2, -0.15) is 0 Å². The fourth-order valence-electron chi connectivity index (χ4n) is 2.26. The molecule has 0 amide bonds. The third kappa shape index (κ3) is 9.35. The van der Waals surface area contributed by atoms with Gasteiger partial charge < -0.3 is 19.9 Å². The van der Waals surface area contributed by atoms with Crippen LogP contribution in [0.1, 0.15) is 5.56 Å². The molecule has 1 aliphatic heterocycles. The van der Waals surface area contributed by atoms with Crippen LogP contribution in [0.3, 0.4) is 0 Å². The van der Waals surface area contributed by atoms with E-state index in [9.17, 15) is 0 Å². The molecule has 0 aromatic heterocycles. The minimum Gasteiger partial charge on any atom is -0.491 e. The summed E-state index contributed by atoms with van der Waals surface area (Å²) in [5.41, 5.74) is 6.76. The first-order valence-electron chi connectivity index (χ1n) is 7.68. The van der Waals surface area contributed by atoms with E-state index >= 15 is 0 Å². The van der Waals surface area contributed by atoms with Gasteiger partial charge in [-0.15, -0.1) is 24.8 Å². The van der Waals surface area contributed by atoms with E-state index in [2.05, 4.69) is 17.0 Å². The zero-order valence-corrected chi connectivity index (χ0v) is 15.1. The molecule has 1 aromatic rings. The van der Waals surface area contributed by atoms with Crippen LogP contribution >= 0.6 is 24.8 Å². The summed E-state index contributed by atoms with van der Waals surface area (Å²) in [5, 5.41) is 0. The van der Waals surface area contributed by atoms with E-state index in [4.69, 9.17) is 19.9 Å². The van der Waals surface area contributed by atoms with Crippen LogP contribution in [0.5, 0.6) is 5.75 Å². The van der Waals surface area contributed by atoms with Crippen molar-refractivity contribution in [2.45, 2.75) is 6.42 Å². The molecule has 0 bridgehead atoms. The Hall–Kier alpha value is -0.560. The van der Waals surface area contributed by atoms with E-state index in [0.29, 0.717) is 19.8 Å². The quantitative estimate of drug-likeness (QED) is 0.674. The molecular weight excluding hydrogens is 339 g/mol. The van der Waals surface area contributed by atoms with Crippen molar-refractivity contribution in [2.24, 2.45) is 5.73 Å². The SMILES string of the molecule is Cl.Cl.NCCc1ccc(OCCOCCN2CCOCC2)cc1. The van der Waals surface area contributed by atoms with E-state index < -0.39 is 0 Å². The zero-order valence-electron chi connectivity index (χ0n) is 13.4. The molecule has 134 valence electrons. The van der Waals surface area contributed by atoms with Crippen LogP contribution < -0.4 is 10.5 Å². The molecule has 0 saturated carbocycles. The molecule has 1 aromatic carbocycles. The summed E-state index contributed by atoms with van der Waals surface area (Å²) in [6, 6.07) is 8.08.